The molecule has 134 valence electrons. The van der Waals surface area contributed by atoms with Crippen LogP contribution in [0.3, 0.4) is 0 Å². The predicted octanol–water partition coefficient (Wildman–Crippen LogP) is 2.38. The fourth-order valence-electron chi connectivity index (χ4n) is 4.07. The molecule has 6 nitrogen and oxygen atoms in total. The fourth-order valence-corrected chi connectivity index (χ4v) is 4.07. The minimum atomic E-state index is -0.191. The van der Waals surface area contributed by atoms with E-state index in [4.69, 9.17) is 4.74 Å². The van der Waals surface area contributed by atoms with Crippen LogP contribution < -0.4 is 5.32 Å². The van der Waals surface area contributed by atoms with Gasteiger partial charge in [0.05, 0.1) is 30.3 Å². The molecule has 0 radical (unpaired) electrons. The average molecular weight is 342 g/mol. The number of ether oxygens (including phenoxy) is 1. The maximum absolute atomic E-state index is 12.9. The molecule has 1 aromatic heterocycles. The molecule has 2 atom stereocenters. The maximum atomic E-state index is 12.9. The van der Waals surface area contributed by atoms with E-state index in [-0.39, 0.29) is 18.0 Å². The maximum Gasteiger partial charge on any atom is 0.240 e. The third-order valence-electron chi connectivity index (χ3n) is 5.44. The van der Waals surface area contributed by atoms with Gasteiger partial charge in [-0.05, 0) is 31.9 Å². The van der Waals surface area contributed by atoms with E-state index in [0.29, 0.717) is 12.6 Å². The Balaban J connectivity index is 1.45. The Kier molecular flexibility index (Phi) is 4.72. The van der Waals surface area contributed by atoms with Gasteiger partial charge in [0, 0.05) is 12.6 Å². The topological polar surface area (TPSA) is 70.2 Å². The van der Waals surface area contributed by atoms with Crippen molar-refractivity contribution >= 4 is 16.9 Å². The minimum Gasteiger partial charge on any atom is -0.378 e. The van der Waals surface area contributed by atoms with E-state index in [2.05, 4.69) is 20.2 Å². The van der Waals surface area contributed by atoms with E-state index in [1.54, 1.807) is 0 Å². The smallest absolute Gasteiger partial charge is 0.240 e. The summed E-state index contributed by atoms with van der Waals surface area (Å²) in [7, 11) is 0. The molecule has 25 heavy (non-hydrogen) atoms. The van der Waals surface area contributed by atoms with Crippen molar-refractivity contribution < 1.29 is 9.53 Å². The molecule has 1 aromatic carbocycles. The second-order valence-corrected chi connectivity index (χ2v) is 7.14. The molecular formula is C19H26N4O2. The molecule has 2 aliphatic rings. The predicted molar refractivity (Wildman–Crippen MR) is 96.2 cm³/mol. The van der Waals surface area contributed by atoms with Gasteiger partial charge in [-0.15, -0.1) is 0 Å². The van der Waals surface area contributed by atoms with Gasteiger partial charge in [0.1, 0.15) is 11.9 Å². The summed E-state index contributed by atoms with van der Waals surface area (Å²) in [6.07, 6.45) is 4.93. The molecule has 0 spiro atoms. The van der Waals surface area contributed by atoms with Crippen LogP contribution in [0.15, 0.2) is 24.3 Å². The zero-order valence-corrected chi connectivity index (χ0v) is 14.7. The highest BCUT2D eigenvalue weighted by Gasteiger charge is 2.35. The number of hydrogen-bond acceptors (Lipinski definition) is 4. The molecule has 0 bridgehead atoms. The summed E-state index contributed by atoms with van der Waals surface area (Å²) in [5, 5.41) is 3.13. The molecule has 0 unspecified atom stereocenters. The quantitative estimate of drug-likeness (QED) is 0.895. The highest BCUT2D eigenvalue weighted by Crippen LogP contribution is 2.27. The van der Waals surface area contributed by atoms with Crippen molar-refractivity contribution in [3.05, 3.63) is 30.1 Å². The van der Waals surface area contributed by atoms with E-state index >= 15 is 0 Å². The number of aromatic nitrogens is 2. The van der Waals surface area contributed by atoms with E-state index in [0.717, 1.165) is 30.0 Å². The van der Waals surface area contributed by atoms with Crippen LogP contribution in [-0.4, -0.2) is 52.6 Å². The average Bonchev–Trinajstić information content (AvgIpc) is 3.31. The summed E-state index contributed by atoms with van der Waals surface area (Å²) < 4.78 is 5.60. The molecule has 2 heterocycles. The first kappa shape index (κ1) is 16.5. The Hall–Kier alpha value is -1.92. The highest BCUT2D eigenvalue weighted by molar-refractivity contribution is 5.82. The summed E-state index contributed by atoms with van der Waals surface area (Å²) >= 11 is 0. The van der Waals surface area contributed by atoms with Gasteiger partial charge in [-0.3, -0.25) is 9.69 Å². The Morgan fingerprint density at radius 1 is 1.36 bits per heavy atom. The van der Waals surface area contributed by atoms with Crippen LogP contribution in [0.4, 0.5) is 0 Å². The molecule has 6 heteroatoms. The number of imidazole rings is 1. The summed E-state index contributed by atoms with van der Waals surface area (Å²) in [5.41, 5.74) is 1.92. The third-order valence-corrected chi connectivity index (χ3v) is 5.44. The molecule has 2 N–H and O–H groups in total. The standard InChI is InChI=1S/C19H26N4O2/c1-13(18-21-15-8-4-5-9-16(15)22-18)20-19(24)17-12-25-11-10-23(17)14-6-2-3-7-14/h4-5,8-9,13-14,17H,2-3,6-7,10-12H2,1H3,(H,20,24)(H,21,22)/t13-,17-/m0/s1. The first-order valence-corrected chi connectivity index (χ1v) is 9.31. The normalized spacial score (nSPS) is 23.8. The number of carbonyl (C=O) groups excluding carboxylic acids is 1. The van der Waals surface area contributed by atoms with Gasteiger partial charge in [0.15, 0.2) is 0 Å². The van der Waals surface area contributed by atoms with Crippen molar-refractivity contribution in [2.24, 2.45) is 0 Å². The minimum absolute atomic E-state index is 0.0413. The van der Waals surface area contributed by atoms with Crippen molar-refractivity contribution in [3.63, 3.8) is 0 Å². The molecule has 1 aliphatic heterocycles. The monoisotopic (exact) mass is 342 g/mol. The summed E-state index contributed by atoms with van der Waals surface area (Å²) in [6.45, 7) is 4.02. The third kappa shape index (κ3) is 3.41. The van der Waals surface area contributed by atoms with Gasteiger partial charge in [0.25, 0.3) is 0 Å². The second kappa shape index (κ2) is 7.14. The Labute approximate surface area is 147 Å². The summed E-state index contributed by atoms with van der Waals surface area (Å²) in [4.78, 5) is 23.1. The van der Waals surface area contributed by atoms with Crippen molar-refractivity contribution in [2.75, 3.05) is 19.8 Å². The number of rotatable bonds is 4. The number of morpholine rings is 1. The molecule has 1 aliphatic carbocycles. The van der Waals surface area contributed by atoms with E-state index in [1.807, 2.05) is 31.2 Å². The lowest BCUT2D eigenvalue weighted by Crippen LogP contribution is -2.57. The van der Waals surface area contributed by atoms with E-state index < -0.39 is 0 Å². The Bertz CT molecular complexity index is 705. The molecule has 1 saturated heterocycles. The summed E-state index contributed by atoms with van der Waals surface area (Å²) in [5.74, 6) is 0.832. The second-order valence-electron chi connectivity index (χ2n) is 7.14. The molecule has 4 rings (SSSR count). The van der Waals surface area contributed by atoms with Gasteiger partial charge in [0.2, 0.25) is 5.91 Å². The van der Waals surface area contributed by atoms with Crippen LogP contribution in [0.5, 0.6) is 0 Å². The number of benzene rings is 1. The lowest BCUT2D eigenvalue weighted by Gasteiger charge is -2.39. The van der Waals surface area contributed by atoms with Crippen LogP contribution in [0, 0.1) is 0 Å². The number of aromatic amines is 1. The van der Waals surface area contributed by atoms with Gasteiger partial charge in [-0.2, -0.15) is 0 Å². The van der Waals surface area contributed by atoms with E-state index in [1.165, 1.54) is 25.7 Å². The van der Waals surface area contributed by atoms with Crippen LogP contribution in [0.2, 0.25) is 0 Å². The van der Waals surface area contributed by atoms with Crippen molar-refractivity contribution in [1.29, 1.82) is 0 Å². The Morgan fingerprint density at radius 2 is 2.16 bits per heavy atom. The lowest BCUT2D eigenvalue weighted by atomic mass is 10.1. The van der Waals surface area contributed by atoms with Gasteiger partial charge >= 0.3 is 0 Å². The van der Waals surface area contributed by atoms with E-state index in [9.17, 15) is 4.79 Å². The first-order valence-electron chi connectivity index (χ1n) is 9.31. The molecule has 1 amide bonds. The largest absolute Gasteiger partial charge is 0.378 e. The number of fused-ring (bicyclic) bond motifs is 1. The molecular weight excluding hydrogens is 316 g/mol. The van der Waals surface area contributed by atoms with Gasteiger partial charge < -0.3 is 15.0 Å². The fraction of sp³-hybridized carbons (Fsp3) is 0.579. The van der Waals surface area contributed by atoms with Crippen molar-refractivity contribution in [3.8, 4) is 0 Å². The number of carbonyl (C=O) groups is 1. The zero-order valence-electron chi connectivity index (χ0n) is 14.7. The number of hydrogen-bond donors (Lipinski definition) is 2. The molecule has 2 aromatic rings. The van der Waals surface area contributed by atoms with Gasteiger partial charge in [-0.1, -0.05) is 25.0 Å². The lowest BCUT2D eigenvalue weighted by molar-refractivity contribution is -0.135. The van der Waals surface area contributed by atoms with Gasteiger partial charge in [-0.25, -0.2) is 4.98 Å². The number of nitrogens with zero attached hydrogens (tertiary/aromatic N) is 2. The van der Waals surface area contributed by atoms with Crippen molar-refractivity contribution in [1.82, 2.24) is 20.2 Å². The summed E-state index contributed by atoms with van der Waals surface area (Å²) in [6, 6.07) is 8.09. The van der Waals surface area contributed by atoms with Crippen LogP contribution in [0.1, 0.15) is 44.5 Å². The van der Waals surface area contributed by atoms with Crippen LogP contribution in [0.25, 0.3) is 11.0 Å². The van der Waals surface area contributed by atoms with Crippen LogP contribution >= 0.6 is 0 Å². The van der Waals surface area contributed by atoms with Crippen LogP contribution in [-0.2, 0) is 9.53 Å². The highest BCUT2D eigenvalue weighted by atomic mass is 16.5. The number of nitrogens with one attached hydrogen (secondary N) is 2. The SMILES string of the molecule is C[C@H](NC(=O)[C@@H]1COCCN1C1CCCC1)c1nc2ccccc2[nH]1. The number of para-hydroxylation sites is 2. The number of H-pyrrole nitrogens is 1. The molecule has 2 fully saturated rings. The zero-order chi connectivity index (χ0) is 17.2. The number of amides is 1. The van der Waals surface area contributed by atoms with Crippen molar-refractivity contribution in [2.45, 2.75) is 50.7 Å². The Morgan fingerprint density at radius 3 is 2.96 bits per heavy atom. The first-order chi connectivity index (χ1) is 12.2. The molecule has 1 saturated carbocycles.